The van der Waals surface area contributed by atoms with Gasteiger partial charge in [-0.3, -0.25) is 0 Å². The maximum Gasteiger partial charge on any atom is 0.339 e. The molecule has 0 amide bonds. The molecule has 4 nitrogen and oxygen atoms in total. The molecule has 152 valence electrons. The van der Waals surface area contributed by atoms with E-state index in [4.69, 9.17) is 9.47 Å². The van der Waals surface area contributed by atoms with Gasteiger partial charge in [-0.05, 0) is 37.3 Å². The lowest BCUT2D eigenvalue weighted by Crippen LogP contribution is -2.15. The average Bonchev–Trinajstić information content (AvgIpc) is 2.66. The van der Waals surface area contributed by atoms with E-state index in [2.05, 4.69) is 20.8 Å². The van der Waals surface area contributed by atoms with Crippen molar-refractivity contribution in [1.82, 2.24) is 0 Å². The van der Waals surface area contributed by atoms with Crippen molar-refractivity contribution in [2.75, 3.05) is 13.2 Å². The van der Waals surface area contributed by atoms with E-state index in [9.17, 15) is 9.59 Å². The van der Waals surface area contributed by atoms with Crippen molar-refractivity contribution >= 4 is 11.9 Å². The van der Waals surface area contributed by atoms with E-state index >= 15 is 0 Å². The molecular formula is C23H36O4. The highest BCUT2D eigenvalue weighted by molar-refractivity contribution is 6.03. The number of rotatable bonds is 14. The predicted octanol–water partition coefficient (Wildman–Crippen LogP) is 6.19. The van der Waals surface area contributed by atoms with Crippen LogP contribution in [0.5, 0.6) is 0 Å². The highest BCUT2D eigenvalue weighted by Gasteiger charge is 2.18. The van der Waals surface area contributed by atoms with Crippen LogP contribution < -0.4 is 0 Å². The molecule has 0 aliphatic heterocycles. The van der Waals surface area contributed by atoms with Gasteiger partial charge in [0, 0.05) is 0 Å². The Kier molecular flexibility index (Phi) is 12.2. The third kappa shape index (κ3) is 10.2. The normalized spacial score (nSPS) is 10.8. The zero-order valence-electron chi connectivity index (χ0n) is 17.3. The van der Waals surface area contributed by atoms with Crippen molar-refractivity contribution in [3.8, 4) is 0 Å². The van der Waals surface area contributed by atoms with Crippen molar-refractivity contribution in [3.63, 3.8) is 0 Å². The van der Waals surface area contributed by atoms with E-state index in [1.165, 1.54) is 32.1 Å². The summed E-state index contributed by atoms with van der Waals surface area (Å²) in [6.45, 7) is 7.25. The number of esters is 2. The third-order valence-electron chi connectivity index (χ3n) is 4.51. The topological polar surface area (TPSA) is 52.6 Å². The monoisotopic (exact) mass is 376 g/mol. The molecule has 0 aliphatic carbocycles. The molecule has 0 radical (unpaired) electrons. The predicted molar refractivity (Wildman–Crippen MR) is 109 cm³/mol. The molecular weight excluding hydrogens is 340 g/mol. The number of ether oxygens (including phenoxy) is 2. The number of benzene rings is 1. The second-order valence-corrected chi connectivity index (χ2v) is 7.47. The number of unbranched alkanes of at least 4 members (excludes halogenated alkanes) is 6. The van der Waals surface area contributed by atoms with Crippen molar-refractivity contribution in [1.29, 1.82) is 0 Å². The lowest BCUT2D eigenvalue weighted by molar-refractivity contribution is 0.0449. The fourth-order valence-corrected chi connectivity index (χ4v) is 2.88. The smallest absolute Gasteiger partial charge is 0.339 e. The fourth-order valence-electron chi connectivity index (χ4n) is 2.88. The van der Waals surface area contributed by atoms with Gasteiger partial charge < -0.3 is 9.47 Å². The number of hydrogen-bond donors (Lipinski definition) is 0. The SMILES string of the molecule is CCCCCCCCCOC(=O)c1ccccc1C(=O)OCCCC(C)C. The van der Waals surface area contributed by atoms with Crippen molar-refractivity contribution in [2.24, 2.45) is 5.92 Å². The summed E-state index contributed by atoms with van der Waals surface area (Å²) in [5, 5.41) is 0. The standard InChI is InChI=1S/C23H36O4/c1-4-5-6-7-8-9-12-17-26-22(24)20-15-10-11-16-21(20)23(25)27-18-13-14-19(2)3/h10-11,15-16,19H,4-9,12-14,17-18H2,1-3H3. The molecule has 0 spiro atoms. The van der Waals surface area contributed by atoms with Crippen LogP contribution in [-0.4, -0.2) is 25.2 Å². The Balaban J connectivity index is 2.38. The van der Waals surface area contributed by atoms with Crippen LogP contribution in [0.3, 0.4) is 0 Å². The van der Waals surface area contributed by atoms with Crippen LogP contribution in [-0.2, 0) is 9.47 Å². The fraction of sp³-hybridized carbons (Fsp3) is 0.652. The number of carbonyl (C=O) groups is 2. The van der Waals surface area contributed by atoms with Gasteiger partial charge in [0.15, 0.2) is 0 Å². The molecule has 1 rings (SSSR count). The number of hydrogen-bond acceptors (Lipinski definition) is 4. The van der Waals surface area contributed by atoms with Gasteiger partial charge in [0.05, 0.1) is 24.3 Å². The second kappa shape index (κ2) is 14.2. The highest BCUT2D eigenvalue weighted by Crippen LogP contribution is 2.14. The summed E-state index contributed by atoms with van der Waals surface area (Å²) in [4.78, 5) is 24.6. The van der Waals surface area contributed by atoms with Crippen molar-refractivity contribution in [3.05, 3.63) is 35.4 Å². The summed E-state index contributed by atoms with van der Waals surface area (Å²) in [5.74, 6) is -0.324. The van der Waals surface area contributed by atoms with Crippen LogP contribution in [0, 0.1) is 5.92 Å². The van der Waals surface area contributed by atoms with Gasteiger partial charge in [-0.15, -0.1) is 0 Å². The molecule has 0 saturated heterocycles. The Bertz CT molecular complexity index is 551. The lowest BCUT2D eigenvalue weighted by Gasteiger charge is -2.10. The largest absolute Gasteiger partial charge is 0.462 e. The van der Waals surface area contributed by atoms with Gasteiger partial charge >= 0.3 is 11.9 Å². The van der Waals surface area contributed by atoms with Gasteiger partial charge in [0.2, 0.25) is 0 Å². The van der Waals surface area contributed by atoms with Crippen LogP contribution >= 0.6 is 0 Å². The zero-order valence-corrected chi connectivity index (χ0v) is 17.3. The van der Waals surface area contributed by atoms with Crippen molar-refractivity contribution in [2.45, 2.75) is 78.6 Å². The first kappa shape index (κ1) is 23.2. The number of carbonyl (C=O) groups excluding carboxylic acids is 2. The van der Waals surface area contributed by atoms with Gasteiger partial charge in [-0.1, -0.05) is 71.4 Å². The van der Waals surface area contributed by atoms with Crippen LogP contribution in [0.2, 0.25) is 0 Å². The Morgan fingerprint density at radius 1 is 0.778 bits per heavy atom. The summed E-state index contributed by atoms with van der Waals surface area (Å²) in [7, 11) is 0. The average molecular weight is 377 g/mol. The third-order valence-corrected chi connectivity index (χ3v) is 4.51. The quantitative estimate of drug-likeness (QED) is 0.287. The maximum atomic E-state index is 12.3. The molecule has 1 aromatic carbocycles. The highest BCUT2D eigenvalue weighted by atomic mass is 16.5. The molecule has 0 aromatic heterocycles. The Morgan fingerprint density at radius 3 is 1.78 bits per heavy atom. The summed E-state index contributed by atoms with van der Waals surface area (Å²) in [6, 6.07) is 6.71. The first-order chi connectivity index (χ1) is 13.1. The first-order valence-electron chi connectivity index (χ1n) is 10.5. The summed E-state index contributed by atoms with van der Waals surface area (Å²) in [5.41, 5.74) is 0.570. The minimum atomic E-state index is -0.456. The Hall–Kier alpha value is -1.84. The zero-order chi connectivity index (χ0) is 19.9. The van der Waals surface area contributed by atoms with Crippen LogP contribution in [0.15, 0.2) is 24.3 Å². The van der Waals surface area contributed by atoms with E-state index in [0.29, 0.717) is 19.1 Å². The molecule has 0 bridgehead atoms. The Morgan fingerprint density at radius 2 is 1.26 bits per heavy atom. The first-order valence-corrected chi connectivity index (χ1v) is 10.5. The van der Waals surface area contributed by atoms with Gasteiger partial charge in [0.1, 0.15) is 0 Å². The molecule has 0 atom stereocenters. The summed E-state index contributed by atoms with van der Waals surface area (Å²) in [6.07, 6.45) is 10.0. The van der Waals surface area contributed by atoms with Crippen LogP contribution in [0.1, 0.15) is 99.3 Å². The van der Waals surface area contributed by atoms with Gasteiger partial charge in [0.25, 0.3) is 0 Å². The van der Waals surface area contributed by atoms with Crippen LogP contribution in [0.25, 0.3) is 0 Å². The molecule has 0 aliphatic rings. The molecule has 1 aromatic rings. The molecule has 0 unspecified atom stereocenters. The summed E-state index contributed by atoms with van der Waals surface area (Å²) < 4.78 is 10.7. The second-order valence-electron chi connectivity index (χ2n) is 7.47. The van der Waals surface area contributed by atoms with E-state index < -0.39 is 11.9 Å². The van der Waals surface area contributed by atoms with Crippen LogP contribution in [0.4, 0.5) is 0 Å². The molecule has 0 fully saturated rings. The maximum absolute atomic E-state index is 12.3. The van der Waals surface area contributed by atoms with E-state index in [-0.39, 0.29) is 11.1 Å². The molecule has 0 saturated carbocycles. The summed E-state index contributed by atoms with van der Waals surface area (Å²) >= 11 is 0. The minimum absolute atomic E-state index is 0.284. The molecule has 4 heteroatoms. The molecule has 0 N–H and O–H groups in total. The molecule has 27 heavy (non-hydrogen) atoms. The van der Waals surface area contributed by atoms with Gasteiger partial charge in [-0.25, -0.2) is 9.59 Å². The minimum Gasteiger partial charge on any atom is -0.462 e. The van der Waals surface area contributed by atoms with Gasteiger partial charge in [-0.2, -0.15) is 0 Å². The van der Waals surface area contributed by atoms with Crippen molar-refractivity contribution < 1.29 is 19.1 Å². The van der Waals surface area contributed by atoms with E-state index in [1.807, 2.05) is 0 Å². The van der Waals surface area contributed by atoms with E-state index in [1.54, 1.807) is 24.3 Å². The Labute approximate surface area is 164 Å². The van der Waals surface area contributed by atoms with E-state index in [0.717, 1.165) is 25.7 Å². The molecule has 0 heterocycles. The lowest BCUT2D eigenvalue weighted by atomic mass is 10.1.